The zero-order chi connectivity index (χ0) is 59.9. The molecule has 5 rings (SSSR count). The van der Waals surface area contributed by atoms with Gasteiger partial charge < -0.3 is 57.3 Å². The molecule has 21 heteroatoms. The van der Waals surface area contributed by atoms with Crippen LogP contribution in [0.1, 0.15) is 137 Å². The molecule has 0 radical (unpaired) electrons. The van der Waals surface area contributed by atoms with Gasteiger partial charge in [0.15, 0.2) is 0 Å². The molecular weight excluding hydrogens is 1040 g/mol. The average molecular weight is 1130 g/mol. The maximum absolute atomic E-state index is 13.1. The molecule has 21 nitrogen and oxygen atoms in total. The summed E-state index contributed by atoms with van der Waals surface area (Å²) in [6, 6.07) is 28.1. The van der Waals surface area contributed by atoms with Crippen molar-refractivity contribution < 1.29 is 43.1 Å². The van der Waals surface area contributed by atoms with E-state index in [2.05, 4.69) is 52.7 Å². The van der Waals surface area contributed by atoms with Crippen LogP contribution in [0.3, 0.4) is 0 Å². The van der Waals surface area contributed by atoms with Crippen LogP contribution >= 0.6 is 0 Å². The fraction of sp³-hybridized carbons (Fsp3) is 0.459. The summed E-state index contributed by atoms with van der Waals surface area (Å²) in [4.78, 5) is 78.2. The summed E-state index contributed by atoms with van der Waals surface area (Å²) in [5, 5.41) is 33.1. The number of nitrogens with zero attached hydrogens (tertiary/aromatic N) is 4. The lowest BCUT2D eigenvalue weighted by Crippen LogP contribution is -2.40. The summed E-state index contributed by atoms with van der Waals surface area (Å²) >= 11 is 0. The van der Waals surface area contributed by atoms with Gasteiger partial charge in [-0.25, -0.2) is 4.68 Å². The molecule has 0 aliphatic rings. The number of aromatic nitrogens is 3. The summed E-state index contributed by atoms with van der Waals surface area (Å²) in [5.74, 6) is -0.442. The highest BCUT2D eigenvalue weighted by molar-refractivity contribution is 6.00. The van der Waals surface area contributed by atoms with Crippen LogP contribution in [0.25, 0.3) is 0 Å². The summed E-state index contributed by atoms with van der Waals surface area (Å²) in [6.45, 7) is 13.7. The number of primary amides is 1. The van der Waals surface area contributed by atoms with Gasteiger partial charge in [-0.1, -0.05) is 93.0 Å². The third kappa shape index (κ3) is 24.5. The van der Waals surface area contributed by atoms with E-state index in [0.717, 1.165) is 61.6 Å². The van der Waals surface area contributed by atoms with E-state index in [4.69, 9.17) is 20.0 Å². The fourth-order valence-corrected chi connectivity index (χ4v) is 8.23. The van der Waals surface area contributed by atoms with Gasteiger partial charge in [0.2, 0.25) is 11.8 Å². The number of nitrogens with two attached hydrogens (primary N) is 1. The van der Waals surface area contributed by atoms with Crippen molar-refractivity contribution >= 4 is 41.5 Å². The quantitative estimate of drug-likeness (QED) is 0.0107. The number of aldehydes is 1. The van der Waals surface area contributed by atoms with Crippen LogP contribution in [0.2, 0.25) is 0 Å². The second-order valence-corrected chi connectivity index (χ2v) is 21.6. The number of carbonyl (C=O) groups excluding carboxylic acids is 6. The Balaban J connectivity index is 0.000000984. The van der Waals surface area contributed by atoms with Crippen molar-refractivity contribution in [3.63, 3.8) is 0 Å². The van der Waals surface area contributed by atoms with Gasteiger partial charge in [0, 0.05) is 59.8 Å². The number of hydrogen-bond acceptors (Lipinski definition) is 15. The van der Waals surface area contributed by atoms with Crippen LogP contribution < -0.4 is 47.7 Å². The van der Waals surface area contributed by atoms with Crippen LogP contribution in [0.4, 0.5) is 0 Å². The number of nitrogens with one attached hydrogen (secondary N) is 7. The van der Waals surface area contributed by atoms with Crippen LogP contribution in [0, 0.1) is 10.8 Å². The Kier molecular flexibility index (Phi) is 28.5. The fourth-order valence-electron chi connectivity index (χ4n) is 8.23. The maximum atomic E-state index is 13.1. The summed E-state index contributed by atoms with van der Waals surface area (Å²) in [5.41, 5.74) is 10.4. The number of oxime groups is 1. The highest BCUT2D eigenvalue weighted by atomic mass is 16.6. The molecule has 2 atom stereocenters. The molecule has 82 heavy (non-hydrogen) atoms. The normalized spacial score (nSPS) is 12.2. The van der Waals surface area contributed by atoms with E-state index < -0.39 is 0 Å². The van der Waals surface area contributed by atoms with Gasteiger partial charge in [-0.3, -0.25) is 28.8 Å². The van der Waals surface area contributed by atoms with Crippen LogP contribution in [-0.2, 0) is 38.9 Å². The lowest BCUT2D eigenvalue weighted by Gasteiger charge is -2.29. The molecule has 1 heterocycles. The first-order valence-electron chi connectivity index (χ1n) is 27.7. The first kappa shape index (κ1) is 66.7. The largest absolute Gasteiger partial charge is 0.487 e. The Morgan fingerprint density at radius 2 is 1.26 bits per heavy atom. The molecule has 5 amide bonds. The van der Waals surface area contributed by atoms with Crippen molar-refractivity contribution in [1.82, 2.24) is 52.2 Å². The van der Waals surface area contributed by atoms with E-state index in [1.807, 2.05) is 79.0 Å². The van der Waals surface area contributed by atoms with Crippen molar-refractivity contribution in [2.45, 2.75) is 105 Å². The molecular formula is C61H86N12O9. The highest BCUT2D eigenvalue weighted by Crippen LogP contribution is 2.21. The molecule has 0 saturated heterocycles. The Morgan fingerprint density at radius 1 is 0.671 bits per heavy atom. The van der Waals surface area contributed by atoms with E-state index in [9.17, 15) is 28.8 Å². The minimum Gasteiger partial charge on any atom is -0.487 e. The van der Waals surface area contributed by atoms with Gasteiger partial charge in [-0.15, -0.1) is 5.10 Å². The number of likely N-dealkylation sites (N-methyl/N-ethyl adjacent to an activating group) is 3. The Hall–Kier alpha value is -7.85. The van der Waals surface area contributed by atoms with Gasteiger partial charge in [0.1, 0.15) is 30.9 Å². The van der Waals surface area contributed by atoms with E-state index in [-0.39, 0.29) is 65.7 Å². The van der Waals surface area contributed by atoms with E-state index in [1.54, 1.807) is 91.7 Å². The predicted octanol–water partition coefficient (Wildman–Crippen LogP) is 5.57. The number of ether oxygens (including phenoxy) is 2. The predicted molar refractivity (Wildman–Crippen MR) is 318 cm³/mol. The monoisotopic (exact) mass is 1130 g/mol. The van der Waals surface area contributed by atoms with Crippen molar-refractivity contribution in [2.24, 2.45) is 21.7 Å². The SMILES string of the molecule is CNC(CCCCNC(=O)c1cccc(CO/N=C(\C)c2ccc(C(=O)NCC(C)(C)COCC(C)(C)CNC(=O)c3cccc(OCc4cn(Cc5cccc(C=O)c5)nn4)c3)cc2)c1)C(N)=O.CNCCCC[C@H](NC)C(=O)NC. The highest BCUT2D eigenvalue weighted by Gasteiger charge is 2.25. The minimum absolute atomic E-state index is 0.0399. The molecule has 0 aliphatic heterocycles. The second kappa shape index (κ2) is 35.1. The molecule has 0 saturated carbocycles. The standard InChI is InChI=1S/C52H65N9O8.C9H21N3O/c1-36(59-69-30-39-14-10-15-42(25-39)49(65)55-23-8-7-18-46(54-6)47(53)63)40-19-21-41(22-20-40)48(64)56-32-51(2,3)34-67-35-52(4,5)33-57-50(66)43-16-11-17-45(26-43)68-31-44-28-61(60-58-44)27-37-12-9-13-38(24-37)29-62;1-10-7-5-4-6-8(11-2)9(13)12-3/h9-17,19-22,24-26,28-29,46,54H,7-8,18,23,27,30-35H2,1-6H3,(H2,53,63)(H,55,65)(H,56,64)(H,57,66);8,10-11H,4-7H2,1-3H3,(H,12,13)/b59-36+;/t;8-/m.0/s1. The zero-order valence-corrected chi connectivity index (χ0v) is 49.2. The summed E-state index contributed by atoms with van der Waals surface area (Å²) in [6.07, 6.45) is 7.74. The molecule has 1 unspecified atom stereocenters. The lowest BCUT2D eigenvalue weighted by molar-refractivity contribution is -0.122. The molecule has 0 fully saturated rings. The molecule has 444 valence electrons. The molecule has 5 aromatic rings. The Labute approximate surface area is 483 Å². The van der Waals surface area contributed by atoms with Crippen molar-refractivity contribution in [2.75, 3.05) is 67.6 Å². The lowest BCUT2D eigenvalue weighted by atomic mass is 9.92. The zero-order valence-electron chi connectivity index (χ0n) is 49.2. The second-order valence-electron chi connectivity index (χ2n) is 21.6. The van der Waals surface area contributed by atoms with Crippen LogP contribution in [0.5, 0.6) is 5.75 Å². The van der Waals surface area contributed by atoms with Gasteiger partial charge in [-0.05, 0) is 132 Å². The maximum Gasteiger partial charge on any atom is 0.251 e. The third-order valence-electron chi connectivity index (χ3n) is 13.1. The molecule has 0 bridgehead atoms. The van der Waals surface area contributed by atoms with Gasteiger partial charge in [0.05, 0.1) is 43.8 Å². The number of rotatable bonds is 35. The first-order chi connectivity index (χ1) is 39.3. The average Bonchev–Trinajstić information content (AvgIpc) is 3.94. The smallest absolute Gasteiger partial charge is 0.251 e. The molecule has 4 aromatic carbocycles. The third-order valence-corrected chi connectivity index (χ3v) is 13.1. The number of amides is 5. The molecule has 0 spiro atoms. The van der Waals surface area contributed by atoms with Crippen molar-refractivity contribution in [1.29, 1.82) is 0 Å². The molecule has 1 aromatic heterocycles. The minimum atomic E-state index is -0.388. The van der Waals surface area contributed by atoms with Gasteiger partial charge >= 0.3 is 0 Å². The van der Waals surface area contributed by atoms with Crippen LogP contribution in [-0.4, -0.2) is 136 Å². The number of hydrogen-bond donors (Lipinski definition) is 8. The summed E-state index contributed by atoms with van der Waals surface area (Å²) < 4.78 is 13.7. The Morgan fingerprint density at radius 3 is 1.89 bits per heavy atom. The van der Waals surface area contributed by atoms with Crippen LogP contribution in [0.15, 0.2) is 108 Å². The van der Waals surface area contributed by atoms with E-state index >= 15 is 0 Å². The number of carbonyl (C=O) groups is 6. The van der Waals surface area contributed by atoms with Gasteiger partial charge in [0.25, 0.3) is 17.7 Å². The van der Waals surface area contributed by atoms with Crippen molar-refractivity contribution in [3.05, 3.63) is 148 Å². The Bertz CT molecular complexity index is 2840. The molecule has 0 aliphatic carbocycles. The van der Waals surface area contributed by atoms with Gasteiger partial charge in [-0.2, -0.15) is 0 Å². The van der Waals surface area contributed by atoms with E-state index in [0.29, 0.717) is 85.2 Å². The topological polar surface area (TPSA) is 283 Å². The number of benzene rings is 4. The molecule has 9 N–H and O–H groups in total. The van der Waals surface area contributed by atoms with Crippen molar-refractivity contribution in [3.8, 4) is 5.75 Å². The van der Waals surface area contributed by atoms with E-state index in [1.165, 1.54) is 0 Å². The summed E-state index contributed by atoms with van der Waals surface area (Å²) in [7, 11) is 7.12. The number of unbranched alkanes of at least 4 members (excludes halogenated alkanes) is 2. The first-order valence-corrected chi connectivity index (χ1v) is 27.7.